The molecular weight excluding hydrogens is 199 g/mol. The first-order chi connectivity index (χ1) is 6.08. The molecule has 1 N–H and O–H groups in total. The fraction of sp³-hybridized carbons (Fsp3) is 0. The zero-order chi connectivity index (χ0) is 9.73. The van der Waals surface area contributed by atoms with Crippen LogP contribution in [0.4, 0.5) is 0 Å². The van der Waals surface area contributed by atoms with Crippen molar-refractivity contribution in [2.45, 2.75) is 0 Å². The summed E-state index contributed by atoms with van der Waals surface area (Å²) in [5, 5.41) is 0. The Balaban J connectivity index is 0. The van der Waals surface area contributed by atoms with E-state index in [1.807, 2.05) is 6.07 Å². The van der Waals surface area contributed by atoms with E-state index in [0.717, 1.165) is 11.8 Å². The van der Waals surface area contributed by atoms with Crippen molar-refractivity contribution < 1.29 is 37.4 Å². The molecule has 0 aliphatic rings. The first-order valence-electron chi connectivity index (χ1n) is 3.45. The van der Waals surface area contributed by atoms with Crippen molar-refractivity contribution in [1.82, 2.24) is 0 Å². The van der Waals surface area contributed by atoms with Crippen LogP contribution in [0, 0.1) is 0 Å². The van der Waals surface area contributed by atoms with Gasteiger partial charge in [0.05, 0.1) is 0 Å². The molecule has 0 unspecified atom stereocenters. The van der Waals surface area contributed by atoms with E-state index in [0.29, 0.717) is 0 Å². The van der Waals surface area contributed by atoms with Gasteiger partial charge in [0.1, 0.15) is 6.26 Å². The zero-order valence-corrected chi connectivity index (χ0v) is 8.44. The zero-order valence-electron chi connectivity index (χ0n) is 8.62. The molecule has 0 saturated heterocycles. The first-order valence-corrected chi connectivity index (χ1v) is 4.82. The third kappa shape index (κ3) is 5.84. The Bertz CT molecular complexity index is 390. The van der Waals surface area contributed by atoms with Gasteiger partial charge < -0.3 is 5.61 Å². The Hall–Kier alpha value is -0.733. The molecule has 1 aromatic carbocycles. The van der Waals surface area contributed by atoms with Crippen molar-refractivity contribution in [1.29, 1.82) is 0 Å². The average molecular weight is 208 g/mol. The molecule has 1 rings (SSSR count). The third-order valence-electron chi connectivity index (χ3n) is 1.24. The second kappa shape index (κ2) is 5.89. The molecule has 0 aliphatic carbocycles. The van der Waals surface area contributed by atoms with E-state index < -0.39 is 10.4 Å². The number of hydrogen-bond donors (Lipinski definition) is 1. The smallest absolute Gasteiger partial charge is 1.00 e. The van der Waals surface area contributed by atoms with Crippen molar-refractivity contribution in [2.24, 2.45) is 0 Å². The summed E-state index contributed by atoms with van der Waals surface area (Å²) in [7, 11) is -4.38. The van der Waals surface area contributed by atoms with Crippen LogP contribution in [-0.4, -0.2) is 13.0 Å². The number of rotatable bonds is 3. The van der Waals surface area contributed by atoms with E-state index in [-0.39, 0.29) is 20.3 Å². The minimum Gasteiger partial charge on any atom is -1.00 e. The van der Waals surface area contributed by atoms with Gasteiger partial charge in [-0.3, -0.25) is 4.55 Å². The van der Waals surface area contributed by atoms with Gasteiger partial charge in [0.25, 0.3) is 0 Å². The average Bonchev–Trinajstić information content (AvgIpc) is 2.04. The standard InChI is InChI=1S/C8H8O4S.Li.H/c9-13(10,11)12-7-6-8-4-2-1-3-5-8;;/h1-7H,(H,9,10,11);;/q;+1;-1. The maximum atomic E-state index is 10.1. The largest absolute Gasteiger partial charge is 1.00 e. The minimum absolute atomic E-state index is 0. The molecule has 0 saturated carbocycles. The van der Waals surface area contributed by atoms with Gasteiger partial charge in [0, 0.05) is 0 Å². The summed E-state index contributed by atoms with van der Waals surface area (Å²) in [6, 6.07) is 8.97. The van der Waals surface area contributed by atoms with Gasteiger partial charge >= 0.3 is 29.3 Å². The molecule has 14 heavy (non-hydrogen) atoms. The van der Waals surface area contributed by atoms with Gasteiger partial charge in [-0.1, -0.05) is 30.3 Å². The Morgan fingerprint density at radius 3 is 2.36 bits per heavy atom. The fourth-order valence-corrected chi connectivity index (χ4v) is 0.937. The quantitative estimate of drug-likeness (QED) is 0.376. The molecule has 0 fully saturated rings. The van der Waals surface area contributed by atoms with E-state index >= 15 is 0 Å². The topological polar surface area (TPSA) is 63.6 Å². The van der Waals surface area contributed by atoms with Crippen LogP contribution in [0.1, 0.15) is 6.99 Å². The maximum absolute atomic E-state index is 10.1. The predicted octanol–water partition coefficient (Wildman–Crippen LogP) is -1.41. The normalized spacial score (nSPS) is 10.9. The molecule has 0 aromatic heterocycles. The Morgan fingerprint density at radius 2 is 1.86 bits per heavy atom. The molecule has 0 bridgehead atoms. The van der Waals surface area contributed by atoms with Crippen molar-refractivity contribution in [2.75, 3.05) is 0 Å². The van der Waals surface area contributed by atoms with E-state index in [9.17, 15) is 8.42 Å². The molecule has 0 spiro atoms. The molecule has 6 heteroatoms. The third-order valence-corrected chi connectivity index (χ3v) is 1.59. The Morgan fingerprint density at radius 1 is 1.29 bits per heavy atom. The van der Waals surface area contributed by atoms with Crippen molar-refractivity contribution >= 4 is 16.5 Å². The van der Waals surface area contributed by atoms with Crippen LogP contribution in [-0.2, 0) is 14.6 Å². The van der Waals surface area contributed by atoms with Crippen LogP contribution < -0.4 is 18.9 Å². The van der Waals surface area contributed by atoms with Crippen LogP contribution in [0.25, 0.3) is 6.08 Å². The van der Waals surface area contributed by atoms with Crippen LogP contribution in [0.5, 0.6) is 0 Å². The molecule has 0 atom stereocenters. The number of hydrogen-bond acceptors (Lipinski definition) is 3. The van der Waals surface area contributed by atoms with Gasteiger partial charge in [-0.2, -0.15) is 8.42 Å². The molecule has 72 valence electrons. The van der Waals surface area contributed by atoms with Crippen molar-refractivity contribution in [3.63, 3.8) is 0 Å². The SMILES string of the molecule is O=S(=O)(O)OC=Cc1ccccc1.[H-].[Li+]. The predicted molar refractivity (Wildman–Crippen MR) is 49.2 cm³/mol. The number of benzene rings is 1. The van der Waals surface area contributed by atoms with E-state index in [1.54, 1.807) is 24.3 Å². The monoisotopic (exact) mass is 208 g/mol. The van der Waals surface area contributed by atoms with Crippen LogP contribution in [0.2, 0.25) is 0 Å². The summed E-state index contributed by atoms with van der Waals surface area (Å²) < 4.78 is 32.4. The molecule has 0 radical (unpaired) electrons. The molecule has 0 aliphatic heterocycles. The summed E-state index contributed by atoms with van der Waals surface area (Å²) in [6.45, 7) is 0. The van der Waals surface area contributed by atoms with Gasteiger partial charge in [-0.15, -0.1) is 0 Å². The second-order valence-electron chi connectivity index (χ2n) is 2.24. The van der Waals surface area contributed by atoms with E-state index in [2.05, 4.69) is 4.18 Å². The Kier molecular flexibility index (Phi) is 5.58. The summed E-state index contributed by atoms with van der Waals surface area (Å²) in [6.07, 6.45) is 2.33. The van der Waals surface area contributed by atoms with Crippen LogP contribution in [0.3, 0.4) is 0 Å². The summed E-state index contributed by atoms with van der Waals surface area (Å²) >= 11 is 0. The maximum Gasteiger partial charge on any atom is 1.00 e. The van der Waals surface area contributed by atoms with Crippen molar-refractivity contribution in [3.05, 3.63) is 42.2 Å². The molecule has 0 amide bonds. The molecule has 1 aromatic rings. The van der Waals surface area contributed by atoms with Crippen molar-refractivity contribution in [3.8, 4) is 0 Å². The molecule has 4 nitrogen and oxygen atoms in total. The van der Waals surface area contributed by atoms with E-state index in [4.69, 9.17) is 4.55 Å². The minimum atomic E-state index is -4.38. The van der Waals surface area contributed by atoms with Gasteiger partial charge in [0.2, 0.25) is 0 Å². The van der Waals surface area contributed by atoms with Gasteiger partial charge in [-0.05, 0) is 11.6 Å². The summed E-state index contributed by atoms with van der Waals surface area (Å²) in [4.78, 5) is 0. The van der Waals surface area contributed by atoms with E-state index in [1.165, 1.54) is 6.08 Å². The summed E-state index contributed by atoms with van der Waals surface area (Å²) in [5.74, 6) is 0. The summed E-state index contributed by atoms with van der Waals surface area (Å²) in [5.41, 5.74) is 0.783. The fourth-order valence-electron chi connectivity index (χ4n) is 0.741. The Labute approximate surface area is 96.2 Å². The van der Waals surface area contributed by atoms with Gasteiger partial charge in [-0.25, -0.2) is 0 Å². The first kappa shape index (κ1) is 13.3. The second-order valence-corrected chi connectivity index (χ2v) is 3.29. The van der Waals surface area contributed by atoms with Crippen LogP contribution in [0.15, 0.2) is 36.6 Å². The van der Waals surface area contributed by atoms with Crippen LogP contribution >= 0.6 is 0 Å². The van der Waals surface area contributed by atoms with Gasteiger partial charge in [0.15, 0.2) is 0 Å². The molecule has 0 heterocycles. The molecular formula is C8H9LiO4S.